The Morgan fingerprint density at radius 3 is 2.13 bits per heavy atom. The highest BCUT2D eigenvalue weighted by Crippen LogP contribution is 2.37. The first-order valence-electron chi connectivity index (χ1n) is 7.78. The molecule has 1 unspecified atom stereocenters. The van der Waals surface area contributed by atoms with Crippen LogP contribution in [0, 0.1) is 11.6 Å². The number of ether oxygens (including phenoxy) is 2. The van der Waals surface area contributed by atoms with E-state index in [2.05, 4.69) is 0 Å². The van der Waals surface area contributed by atoms with Crippen LogP contribution in [0.1, 0.15) is 34.1 Å². The van der Waals surface area contributed by atoms with E-state index in [0.29, 0.717) is 25.1 Å². The van der Waals surface area contributed by atoms with Crippen LogP contribution in [0.5, 0.6) is 5.75 Å². The lowest BCUT2D eigenvalue weighted by Gasteiger charge is -2.32. The second kappa shape index (κ2) is 5.72. The zero-order valence-corrected chi connectivity index (χ0v) is 13.8. The zero-order valence-electron chi connectivity index (χ0n) is 13.8. The molecule has 1 atom stereocenters. The Balaban J connectivity index is 1.83. The van der Waals surface area contributed by atoms with Crippen LogP contribution in [0.25, 0.3) is 0 Å². The van der Waals surface area contributed by atoms with Gasteiger partial charge in [0.05, 0.1) is 24.4 Å². The molecule has 4 nitrogen and oxygen atoms in total. The summed E-state index contributed by atoms with van der Waals surface area (Å²) >= 11 is 0. The van der Waals surface area contributed by atoms with Gasteiger partial charge in [-0.2, -0.15) is 0 Å². The van der Waals surface area contributed by atoms with Crippen LogP contribution in [-0.2, 0) is 14.0 Å². The van der Waals surface area contributed by atoms with Crippen molar-refractivity contribution in [1.29, 1.82) is 0 Å². The minimum Gasteiger partial charge on any atom is -0.482 e. The highest BCUT2D eigenvalue weighted by Gasteiger charge is 2.52. The molecular weight excluding hydrogens is 305 g/mol. The van der Waals surface area contributed by atoms with Gasteiger partial charge in [0.25, 0.3) is 0 Å². The van der Waals surface area contributed by atoms with E-state index in [4.69, 9.17) is 18.8 Å². The van der Waals surface area contributed by atoms with Crippen LogP contribution < -0.4 is 10.2 Å². The standard InChI is InChI=1S/C16H21BF2O4/c1-15(2)16(3,4)23-17(22-15)10-7-12(18)14(13(19)8-10)21-11-5-6-20-9-11/h7-8,11H,5-6,9H2,1-4H3. The van der Waals surface area contributed by atoms with Crippen LogP contribution >= 0.6 is 0 Å². The van der Waals surface area contributed by atoms with E-state index in [1.165, 1.54) is 12.1 Å². The maximum Gasteiger partial charge on any atom is 0.495 e. The largest absolute Gasteiger partial charge is 0.495 e. The van der Waals surface area contributed by atoms with Crippen molar-refractivity contribution in [3.8, 4) is 5.75 Å². The highest BCUT2D eigenvalue weighted by atomic mass is 19.1. The van der Waals surface area contributed by atoms with Crippen molar-refractivity contribution >= 4 is 12.6 Å². The number of halogens is 2. The lowest BCUT2D eigenvalue weighted by molar-refractivity contribution is 0.00578. The van der Waals surface area contributed by atoms with Gasteiger partial charge in [-0.3, -0.25) is 0 Å². The fraction of sp³-hybridized carbons (Fsp3) is 0.625. The van der Waals surface area contributed by atoms with Crippen molar-refractivity contribution in [2.45, 2.75) is 51.4 Å². The summed E-state index contributed by atoms with van der Waals surface area (Å²) in [7, 11) is -0.812. The minimum atomic E-state index is -0.812. The zero-order chi connectivity index (χ0) is 16.8. The van der Waals surface area contributed by atoms with Gasteiger partial charge in [-0.25, -0.2) is 8.78 Å². The average molecular weight is 326 g/mol. The summed E-state index contributed by atoms with van der Waals surface area (Å²) in [4.78, 5) is 0. The molecule has 0 bridgehead atoms. The Bertz CT molecular complexity index is 561. The van der Waals surface area contributed by atoms with E-state index in [9.17, 15) is 8.78 Å². The molecule has 2 heterocycles. The Morgan fingerprint density at radius 1 is 1.09 bits per heavy atom. The summed E-state index contributed by atoms with van der Waals surface area (Å²) in [6.45, 7) is 8.43. The Kier molecular flexibility index (Phi) is 4.15. The fourth-order valence-electron chi connectivity index (χ4n) is 2.58. The predicted molar refractivity (Wildman–Crippen MR) is 81.9 cm³/mol. The van der Waals surface area contributed by atoms with Gasteiger partial charge >= 0.3 is 7.12 Å². The lowest BCUT2D eigenvalue weighted by atomic mass is 9.79. The molecule has 0 spiro atoms. The number of rotatable bonds is 3. The smallest absolute Gasteiger partial charge is 0.482 e. The SMILES string of the molecule is CC1(C)OB(c2cc(F)c(OC3CCOC3)c(F)c2)OC1(C)C. The summed E-state index contributed by atoms with van der Waals surface area (Å²) in [5.74, 6) is -1.90. The van der Waals surface area contributed by atoms with Crippen molar-refractivity contribution in [3.05, 3.63) is 23.8 Å². The van der Waals surface area contributed by atoms with Gasteiger partial charge in [0.1, 0.15) is 6.10 Å². The van der Waals surface area contributed by atoms with Gasteiger partial charge in [0.15, 0.2) is 17.4 Å². The summed E-state index contributed by atoms with van der Waals surface area (Å²) in [6.07, 6.45) is 0.305. The van der Waals surface area contributed by atoms with E-state index in [0.717, 1.165) is 0 Å². The second-order valence-electron chi connectivity index (χ2n) is 7.01. The van der Waals surface area contributed by atoms with Crippen LogP contribution in [0.15, 0.2) is 12.1 Å². The molecular formula is C16H21BF2O4. The highest BCUT2D eigenvalue weighted by molar-refractivity contribution is 6.62. The molecule has 0 amide bonds. The maximum absolute atomic E-state index is 14.3. The van der Waals surface area contributed by atoms with Gasteiger partial charge in [0, 0.05) is 6.42 Å². The molecule has 2 aliphatic rings. The van der Waals surface area contributed by atoms with Gasteiger partial charge in [-0.1, -0.05) is 0 Å². The molecule has 0 N–H and O–H groups in total. The molecule has 23 heavy (non-hydrogen) atoms. The lowest BCUT2D eigenvalue weighted by Crippen LogP contribution is -2.41. The third-order valence-corrected chi connectivity index (χ3v) is 4.72. The summed E-state index contributed by atoms with van der Waals surface area (Å²) in [5.41, 5.74) is -0.837. The monoisotopic (exact) mass is 326 g/mol. The Morgan fingerprint density at radius 2 is 1.65 bits per heavy atom. The van der Waals surface area contributed by atoms with E-state index < -0.39 is 30.0 Å². The molecule has 1 aromatic carbocycles. The maximum atomic E-state index is 14.3. The number of hydrogen-bond donors (Lipinski definition) is 0. The first kappa shape index (κ1) is 16.7. The summed E-state index contributed by atoms with van der Waals surface area (Å²) in [5, 5.41) is 0. The molecule has 1 aromatic rings. The van der Waals surface area contributed by atoms with E-state index in [1.807, 2.05) is 27.7 Å². The normalized spacial score (nSPS) is 25.8. The Labute approximate surface area is 135 Å². The second-order valence-corrected chi connectivity index (χ2v) is 7.01. The number of hydrogen-bond acceptors (Lipinski definition) is 4. The first-order valence-corrected chi connectivity index (χ1v) is 7.78. The van der Waals surface area contributed by atoms with Crippen LogP contribution in [-0.4, -0.2) is 37.6 Å². The Hall–Kier alpha value is -1.18. The first-order chi connectivity index (χ1) is 10.7. The van der Waals surface area contributed by atoms with E-state index >= 15 is 0 Å². The molecule has 3 rings (SSSR count). The van der Waals surface area contributed by atoms with Crippen molar-refractivity contribution in [2.24, 2.45) is 0 Å². The van der Waals surface area contributed by atoms with Gasteiger partial charge < -0.3 is 18.8 Å². The molecule has 2 aliphatic heterocycles. The van der Waals surface area contributed by atoms with Crippen molar-refractivity contribution in [3.63, 3.8) is 0 Å². The quantitative estimate of drug-likeness (QED) is 0.800. The van der Waals surface area contributed by atoms with Crippen LogP contribution in [0.4, 0.5) is 8.78 Å². The molecule has 7 heteroatoms. The predicted octanol–water partition coefficient (Wildman–Crippen LogP) is 2.43. The molecule has 2 saturated heterocycles. The number of benzene rings is 1. The molecule has 0 radical (unpaired) electrons. The van der Waals surface area contributed by atoms with Crippen LogP contribution in [0.2, 0.25) is 0 Å². The van der Waals surface area contributed by atoms with E-state index in [-0.39, 0.29) is 11.9 Å². The van der Waals surface area contributed by atoms with Crippen LogP contribution in [0.3, 0.4) is 0 Å². The average Bonchev–Trinajstić information content (AvgIpc) is 3.00. The molecule has 126 valence electrons. The van der Waals surface area contributed by atoms with Gasteiger partial charge in [0.2, 0.25) is 0 Å². The molecule has 0 aromatic heterocycles. The third kappa shape index (κ3) is 3.10. The molecule has 2 fully saturated rings. The van der Waals surface area contributed by atoms with Crippen molar-refractivity contribution in [1.82, 2.24) is 0 Å². The van der Waals surface area contributed by atoms with Crippen molar-refractivity contribution in [2.75, 3.05) is 13.2 Å². The topological polar surface area (TPSA) is 36.9 Å². The van der Waals surface area contributed by atoms with Crippen molar-refractivity contribution < 1.29 is 27.6 Å². The van der Waals surface area contributed by atoms with Gasteiger partial charge in [-0.15, -0.1) is 0 Å². The van der Waals surface area contributed by atoms with E-state index in [1.54, 1.807) is 0 Å². The molecule has 0 saturated carbocycles. The minimum absolute atomic E-state index is 0.300. The van der Waals surface area contributed by atoms with Gasteiger partial charge in [-0.05, 0) is 45.3 Å². The fourth-order valence-corrected chi connectivity index (χ4v) is 2.58. The summed E-state index contributed by atoms with van der Waals surface area (Å²) < 4.78 is 50.7. The summed E-state index contributed by atoms with van der Waals surface area (Å²) in [6, 6.07) is 2.41. The molecule has 0 aliphatic carbocycles. The third-order valence-electron chi connectivity index (χ3n) is 4.72.